The Morgan fingerprint density at radius 1 is 1.55 bits per heavy atom. The van der Waals surface area contributed by atoms with Gasteiger partial charge in [-0.3, -0.25) is 4.90 Å². The number of aldehydes is 1. The normalized spacial score (nSPS) is 11.0. The second-order valence-electron chi connectivity index (χ2n) is 2.04. The average Bonchev–Trinajstić information content (AvgIpc) is 1.87. The molecule has 0 aliphatic rings. The van der Waals surface area contributed by atoms with E-state index >= 15 is 0 Å². The summed E-state index contributed by atoms with van der Waals surface area (Å²) in [7, 11) is 0. The van der Waals surface area contributed by atoms with Crippen LogP contribution in [0.3, 0.4) is 0 Å². The van der Waals surface area contributed by atoms with Gasteiger partial charge in [-0.05, 0) is 0 Å². The van der Waals surface area contributed by atoms with Crippen molar-refractivity contribution in [2.24, 2.45) is 0 Å². The Bertz CT molecular complexity index is 111. The van der Waals surface area contributed by atoms with Gasteiger partial charge in [-0.25, -0.2) is 8.78 Å². The van der Waals surface area contributed by atoms with Gasteiger partial charge in [-0.1, -0.05) is 0 Å². The van der Waals surface area contributed by atoms with Crippen LogP contribution in [0, 0.1) is 0 Å². The Labute approximate surface area is 63.6 Å². The molecule has 0 heterocycles. The van der Waals surface area contributed by atoms with E-state index in [4.69, 9.17) is 5.11 Å². The zero-order valence-electron chi connectivity index (χ0n) is 6.04. The molecule has 0 amide bonds. The molecule has 0 unspecified atom stereocenters. The van der Waals surface area contributed by atoms with Crippen LogP contribution in [-0.2, 0) is 4.79 Å². The number of alkyl halides is 2. The van der Waals surface area contributed by atoms with E-state index in [1.807, 2.05) is 0 Å². The quantitative estimate of drug-likeness (QED) is 0.554. The van der Waals surface area contributed by atoms with Crippen molar-refractivity contribution in [1.82, 2.24) is 4.90 Å². The third kappa shape index (κ3) is 5.87. The lowest BCUT2D eigenvalue weighted by molar-refractivity contribution is -0.109. The summed E-state index contributed by atoms with van der Waals surface area (Å²) in [5.41, 5.74) is 0. The number of rotatable bonds is 6. The average molecular weight is 167 g/mol. The van der Waals surface area contributed by atoms with Gasteiger partial charge in [0.2, 0.25) is 0 Å². The highest BCUT2D eigenvalue weighted by atomic mass is 19.3. The molecule has 0 saturated carbocycles. The lowest BCUT2D eigenvalue weighted by Crippen LogP contribution is -2.33. The van der Waals surface area contributed by atoms with Crippen molar-refractivity contribution in [2.75, 3.05) is 26.2 Å². The largest absolute Gasteiger partial charge is 0.395 e. The minimum absolute atomic E-state index is 0.0507. The van der Waals surface area contributed by atoms with Gasteiger partial charge in [0.05, 0.1) is 19.7 Å². The molecule has 0 aliphatic carbocycles. The minimum Gasteiger partial charge on any atom is -0.395 e. The first-order valence-corrected chi connectivity index (χ1v) is 3.25. The van der Waals surface area contributed by atoms with Gasteiger partial charge >= 0.3 is 0 Å². The second-order valence-corrected chi connectivity index (χ2v) is 2.04. The first-order chi connectivity index (χ1) is 5.20. The van der Waals surface area contributed by atoms with E-state index in [0.29, 0.717) is 6.29 Å². The molecule has 0 radical (unpaired) electrons. The summed E-state index contributed by atoms with van der Waals surface area (Å²) in [6.45, 7) is -0.603. The van der Waals surface area contributed by atoms with Crippen LogP contribution >= 0.6 is 0 Å². The maximum atomic E-state index is 11.7. The summed E-state index contributed by atoms with van der Waals surface area (Å²) in [5, 5.41) is 8.37. The number of nitrogens with zero attached hydrogens (tertiary/aromatic N) is 1. The molecule has 0 bridgehead atoms. The lowest BCUT2D eigenvalue weighted by Gasteiger charge is -2.16. The third-order valence-corrected chi connectivity index (χ3v) is 1.15. The molecule has 0 saturated heterocycles. The summed E-state index contributed by atoms with van der Waals surface area (Å²) < 4.78 is 23.4. The number of aliphatic hydroxyl groups excluding tert-OH is 1. The Hall–Kier alpha value is -0.550. The van der Waals surface area contributed by atoms with Gasteiger partial charge in [-0.15, -0.1) is 0 Å². The van der Waals surface area contributed by atoms with Gasteiger partial charge < -0.3 is 9.90 Å². The van der Waals surface area contributed by atoms with Gasteiger partial charge in [-0.2, -0.15) is 0 Å². The predicted octanol–water partition coefficient (Wildman–Crippen LogP) is -0.255. The fourth-order valence-electron chi connectivity index (χ4n) is 0.699. The summed E-state index contributed by atoms with van der Waals surface area (Å²) >= 11 is 0. The standard InChI is InChI=1S/C6H11F2NO2/c7-6(8)5-9(1-3-10)2-4-11/h3,6,11H,1-2,4-5H2. The van der Waals surface area contributed by atoms with Crippen LogP contribution in [0.2, 0.25) is 0 Å². The molecule has 11 heavy (non-hydrogen) atoms. The van der Waals surface area contributed by atoms with Gasteiger partial charge in [0.25, 0.3) is 6.43 Å². The molecule has 0 rings (SSSR count). The van der Waals surface area contributed by atoms with Crippen LogP contribution in [0.25, 0.3) is 0 Å². The van der Waals surface area contributed by atoms with Crippen molar-refractivity contribution < 1.29 is 18.7 Å². The summed E-state index contributed by atoms with van der Waals surface area (Å²) in [4.78, 5) is 11.1. The first-order valence-electron chi connectivity index (χ1n) is 3.25. The van der Waals surface area contributed by atoms with Crippen molar-refractivity contribution in [3.05, 3.63) is 0 Å². The van der Waals surface area contributed by atoms with E-state index < -0.39 is 13.0 Å². The van der Waals surface area contributed by atoms with Crippen molar-refractivity contribution in [3.63, 3.8) is 0 Å². The van der Waals surface area contributed by atoms with Crippen molar-refractivity contribution >= 4 is 6.29 Å². The third-order valence-electron chi connectivity index (χ3n) is 1.15. The van der Waals surface area contributed by atoms with Crippen LogP contribution in [-0.4, -0.2) is 49.0 Å². The summed E-state index contributed by atoms with van der Waals surface area (Å²) in [6.07, 6.45) is -1.92. The monoisotopic (exact) mass is 167 g/mol. The van der Waals surface area contributed by atoms with E-state index in [1.165, 1.54) is 4.90 Å². The molecule has 0 atom stereocenters. The first kappa shape index (κ1) is 10.4. The van der Waals surface area contributed by atoms with E-state index in [-0.39, 0.29) is 19.7 Å². The molecule has 5 heteroatoms. The lowest BCUT2D eigenvalue weighted by atomic mass is 10.4. The summed E-state index contributed by atoms with van der Waals surface area (Å²) in [6, 6.07) is 0. The molecule has 3 nitrogen and oxygen atoms in total. The smallest absolute Gasteiger partial charge is 0.251 e. The van der Waals surface area contributed by atoms with Crippen LogP contribution in [0.5, 0.6) is 0 Å². The zero-order valence-corrected chi connectivity index (χ0v) is 6.04. The van der Waals surface area contributed by atoms with Crippen LogP contribution in [0.4, 0.5) is 8.78 Å². The maximum Gasteiger partial charge on any atom is 0.251 e. The van der Waals surface area contributed by atoms with E-state index in [2.05, 4.69) is 0 Å². The van der Waals surface area contributed by atoms with Crippen molar-refractivity contribution in [3.8, 4) is 0 Å². The molecular weight excluding hydrogens is 156 g/mol. The van der Waals surface area contributed by atoms with Crippen LogP contribution in [0.1, 0.15) is 0 Å². The van der Waals surface area contributed by atoms with Gasteiger partial charge in [0.1, 0.15) is 6.29 Å². The number of hydrogen-bond acceptors (Lipinski definition) is 3. The number of aliphatic hydroxyl groups is 1. The SMILES string of the molecule is O=CCN(CCO)CC(F)F. The second kappa shape index (κ2) is 6.18. The topological polar surface area (TPSA) is 40.5 Å². The molecule has 0 aromatic carbocycles. The highest BCUT2D eigenvalue weighted by Crippen LogP contribution is 1.96. The molecule has 0 fully saturated rings. The number of hydrogen-bond donors (Lipinski definition) is 1. The van der Waals surface area contributed by atoms with Gasteiger partial charge in [0, 0.05) is 6.54 Å². The van der Waals surface area contributed by atoms with Crippen LogP contribution in [0.15, 0.2) is 0 Å². The molecule has 1 N–H and O–H groups in total. The zero-order chi connectivity index (χ0) is 8.69. The summed E-state index contributed by atoms with van der Waals surface area (Å²) in [5.74, 6) is 0. The molecule has 0 aromatic heterocycles. The van der Waals surface area contributed by atoms with Crippen molar-refractivity contribution in [1.29, 1.82) is 0 Å². The molecule has 0 aliphatic heterocycles. The fraction of sp³-hybridized carbons (Fsp3) is 0.833. The predicted molar refractivity (Wildman–Crippen MR) is 35.6 cm³/mol. The Morgan fingerprint density at radius 2 is 2.18 bits per heavy atom. The Balaban J connectivity index is 3.58. The van der Waals surface area contributed by atoms with Gasteiger partial charge in [0.15, 0.2) is 0 Å². The number of carbonyl (C=O) groups is 1. The molecule has 0 spiro atoms. The maximum absolute atomic E-state index is 11.7. The highest BCUT2D eigenvalue weighted by Gasteiger charge is 2.09. The Kier molecular flexibility index (Phi) is 5.87. The highest BCUT2D eigenvalue weighted by molar-refractivity contribution is 5.51. The van der Waals surface area contributed by atoms with E-state index in [0.717, 1.165) is 0 Å². The fourth-order valence-corrected chi connectivity index (χ4v) is 0.699. The molecular formula is C6H11F2NO2. The minimum atomic E-state index is -2.46. The molecule has 0 aromatic rings. The number of halogens is 2. The molecule has 66 valence electrons. The van der Waals surface area contributed by atoms with Crippen molar-refractivity contribution in [2.45, 2.75) is 6.43 Å². The number of carbonyl (C=O) groups excluding carboxylic acids is 1. The van der Waals surface area contributed by atoms with E-state index in [9.17, 15) is 13.6 Å². The Morgan fingerprint density at radius 3 is 2.55 bits per heavy atom. The van der Waals surface area contributed by atoms with E-state index in [1.54, 1.807) is 0 Å². The van der Waals surface area contributed by atoms with Crippen LogP contribution < -0.4 is 0 Å².